The minimum Gasteiger partial charge on any atom is -0.388 e. The Kier molecular flexibility index (Phi) is 6.19. The molecule has 0 bridgehead atoms. The van der Waals surface area contributed by atoms with Gasteiger partial charge in [0.2, 0.25) is 0 Å². The van der Waals surface area contributed by atoms with Gasteiger partial charge >= 0.3 is 6.18 Å². The third kappa shape index (κ3) is 4.89. The number of β-amino-alcohol motifs (C(OH)–C–C–N with tert-alkyl or cyclic N) is 1. The van der Waals surface area contributed by atoms with Gasteiger partial charge in [-0.2, -0.15) is 13.2 Å². The molecule has 1 aliphatic heterocycles. The third-order valence-corrected chi connectivity index (χ3v) is 5.28. The van der Waals surface area contributed by atoms with Crippen LogP contribution in [0.4, 0.5) is 13.2 Å². The zero-order valence-corrected chi connectivity index (χ0v) is 14.9. The predicted molar refractivity (Wildman–Crippen MR) is 97.0 cm³/mol. The van der Waals surface area contributed by atoms with Crippen LogP contribution in [0, 0.1) is 5.92 Å². The highest BCUT2D eigenvalue weighted by molar-refractivity contribution is 5.31. The molecule has 0 aliphatic carbocycles. The van der Waals surface area contributed by atoms with Gasteiger partial charge in [-0.3, -0.25) is 0 Å². The van der Waals surface area contributed by atoms with E-state index in [0.717, 1.165) is 24.5 Å². The molecule has 1 saturated heterocycles. The van der Waals surface area contributed by atoms with E-state index in [2.05, 4.69) is 0 Å². The molecule has 2 atom stereocenters. The van der Waals surface area contributed by atoms with Gasteiger partial charge in [0, 0.05) is 6.54 Å². The number of benzene rings is 2. The summed E-state index contributed by atoms with van der Waals surface area (Å²) >= 11 is 0. The number of nitrogens with zero attached hydrogens (tertiary/aromatic N) is 1. The molecule has 0 saturated carbocycles. The van der Waals surface area contributed by atoms with Crippen molar-refractivity contribution in [2.24, 2.45) is 5.92 Å². The van der Waals surface area contributed by atoms with Crippen LogP contribution in [0.25, 0.3) is 0 Å². The topological polar surface area (TPSA) is 43.7 Å². The number of hydrogen-bond acceptors (Lipinski definition) is 3. The van der Waals surface area contributed by atoms with Crippen LogP contribution in [0.2, 0.25) is 0 Å². The first kappa shape index (κ1) is 19.9. The number of rotatable bonds is 5. The zero-order chi connectivity index (χ0) is 19.4. The Hall–Kier alpha value is -1.89. The van der Waals surface area contributed by atoms with Crippen LogP contribution >= 0.6 is 0 Å². The van der Waals surface area contributed by atoms with Crippen LogP contribution in [-0.4, -0.2) is 34.7 Å². The third-order valence-electron chi connectivity index (χ3n) is 5.28. The maximum atomic E-state index is 13.1. The van der Waals surface area contributed by atoms with Gasteiger partial charge in [-0.1, -0.05) is 48.5 Å². The molecule has 0 unspecified atom stereocenters. The largest absolute Gasteiger partial charge is 0.416 e. The molecule has 2 aromatic rings. The monoisotopic (exact) mass is 379 g/mol. The van der Waals surface area contributed by atoms with Crippen LogP contribution in [0.1, 0.15) is 41.7 Å². The lowest BCUT2D eigenvalue weighted by molar-refractivity contribution is -0.139. The van der Waals surface area contributed by atoms with Crippen molar-refractivity contribution in [3.63, 3.8) is 0 Å². The first-order valence-corrected chi connectivity index (χ1v) is 9.16. The van der Waals surface area contributed by atoms with E-state index in [1.54, 1.807) is 0 Å². The van der Waals surface area contributed by atoms with Crippen molar-refractivity contribution < 1.29 is 23.4 Å². The van der Waals surface area contributed by atoms with Gasteiger partial charge in [0.05, 0.1) is 17.8 Å². The molecule has 0 spiro atoms. The Morgan fingerprint density at radius 3 is 2.15 bits per heavy atom. The highest BCUT2D eigenvalue weighted by Gasteiger charge is 2.35. The Morgan fingerprint density at radius 2 is 1.52 bits per heavy atom. The molecule has 0 amide bonds. The fourth-order valence-electron chi connectivity index (χ4n) is 3.76. The van der Waals surface area contributed by atoms with Crippen molar-refractivity contribution in [3.8, 4) is 0 Å². The lowest BCUT2D eigenvalue weighted by Gasteiger charge is -2.35. The molecule has 1 aliphatic rings. The molecular weight excluding hydrogens is 355 g/mol. The highest BCUT2D eigenvalue weighted by Crippen LogP contribution is 2.35. The Morgan fingerprint density at radius 1 is 0.926 bits per heavy atom. The molecule has 3 rings (SSSR count). The molecule has 6 heteroatoms. The van der Waals surface area contributed by atoms with E-state index in [4.69, 9.17) is 0 Å². The maximum Gasteiger partial charge on any atom is 0.416 e. The molecule has 1 heterocycles. The normalized spacial score (nSPS) is 19.0. The van der Waals surface area contributed by atoms with Gasteiger partial charge in [0.15, 0.2) is 0 Å². The molecule has 0 radical (unpaired) electrons. The van der Waals surface area contributed by atoms with Gasteiger partial charge < -0.3 is 15.1 Å². The lowest BCUT2D eigenvalue weighted by atomic mass is 9.87. The highest BCUT2D eigenvalue weighted by atomic mass is 19.4. The summed E-state index contributed by atoms with van der Waals surface area (Å²) < 4.78 is 39.4. The summed E-state index contributed by atoms with van der Waals surface area (Å²) in [6, 6.07) is 14.7. The molecule has 0 aromatic heterocycles. The number of alkyl halides is 3. The number of piperidine rings is 1. The molecule has 146 valence electrons. The number of aliphatic hydroxyl groups is 2. The van der Waals surface area contributed by atoms with Crippen LogP contribution in [0.3, 0.4) is 0 Å². The van der Waals surface area contributed by atoms with Crippen LogP contribution in [0.5, 0.6) is 0 Å². The molecule has 1 fully saturated rings. The van der Waals surface area contributed by atoms with E-state index in [-0.39, 0.29) is 18.0 Å². The molecule has 3 nitrogen and oxygen atoms in total. The quantitative estimate of drug-likeness (QED) is 0.819. The second-order valence-corrected chi connectivity index (χ2v) is 7.09. The Bertz CT molecular complexity index is 728. The van der Waals surface area contributed by atoms with E-state index < -0.39 is 23.9 Å². The van der Waals surface area contributed by atoms with Gasteiger partial charge in [-0.05, 0) is 49.0 Å². The van der Waals surface area contributed by atoms with Crippen molar-refractivity contribution in [3.05, 3.63) is 71.3 Å². The second-order valence-electron chi connectivity index (χ2n) is 7.09. The van der Waals surface area contributed by atoms with Crippen molar-refractivity contribution in [1.82, 2.24) is 4.90 Å². The van der Waals surface area contributed by atoms with Gasteiger partial charge in [0.1, 0.15) is 0 Å². The Balaban J connectivity index is 1.58. The minimum atomic E-state index is -4.48. The summed E-state index contributed by atoms with van der Waals surface area (Å²) in [7, 11) is 0. The average Bonchev–Trinajstić information content (AvgIpc) is 2.68. The molecule has 2 aromatic carbocycles. The van der Waals surface area contributed by atoms with E-state index in [1.165, 1.54) is 18.2 Å². The standard InChI is InChI=1S/C21H24F3NO2/c22-21(23,24)18-9-5-4-8-17(18)19(26)14-25-12-10-16(11-13-25)20(27)15-6-2-1-3-7-15/h1-9,16,19-20,26-27H,10-14H2/t19-,20-/m0/s1. The number of aliphatic hydroxyl groups excluding tert-OH is 2. The van der Waals surface area contributed by atoms with Crippen molar-refractivity contribution in [2.45, 2.75) is 31.2 Å². The first-order valence-electron chi connectivity index (χ1n) is 9.16. The summed E-state index contributed by atoms with van der Waals surface area (Å²) in [5.41, 5.74) is 0.0124. The predicted octanol–water partition coefficient (Wildman–Crippen LogP) is 4.18. The van der Waals surface area contributed by atoms with Crippen LogP contribution in [-0.2, 0) is 6.18 Å². The summed E-state index contributed by atoms with van der Waals surface area (Å²) in [5, 5.41) is 20.9. The summed E-state index contributed by atoms with van der Waals surface area (Å²) in [6.45, 7) is 1.43. The summed E-state index contributed by atoms with van der Waals surface area (Å²) in [4.78, 5) is 1.96. The van der Waals surface area contributed by atoms with Crippen molar-refractivity contribution in [1.29, 1.82) is 0 Å². The van der Waals surface area contributed by atoms with Gasteiger partial charge in [-0.25, -0.2) is 0 Å². The maximum absolute atomic E-state index is 13.1. The van der Waals surface area contributed by atoms with E-state index in [9.17, 15) is 23.4 Å². The fraction of sp³-hybridized carbons (Fsp3) is 0.429. The van der Waals surface area contributed by atoms with E-state index >= 15 is 0 Å². The number of hydrogen-bond donors (Lipinski definition) is 2. The average molecular weight is 379 g/mol. The smallest absolute Gasteiger partial charge is 0.388 e. The minimum absolute atomic E-state index is 0.0866. The van der Waals surface area contributed by atoms with E-state index in [0.29, 0.717) is 13.1 Å². The first-order chi connectivity index (χ1) is 12.9. The molecule has 27 heavy (non-hydrogen) atoms. The SMILES string of the molecule is O[C@@H](CN1CCC([C@@H](O)c2ccccc2)CC1)c1ccccc1C(F)(F)F. The van der Waals surface area contributed by atoms with Gasteiger partial charge in [0.25, 0.3) is 0 Å². The van der Waals surface area contributed by atoms with Gasteiger partial charge in [-0.15, -0.1) is 0 Å². The summed E-state index contributed by atoms with van der Waals surface area (Å²) in [5.74, 6) is 0.114. The summed E-state index contributed by atoms with van der Waals surface area (Å²) in [6.07, 6.45) is -4.74. The number of likely N-dealkylation sites (tertiary alicyclic amines) is 1. The molecular formula is C21H24F3NO2. The fourth-order valence-corrected chi connectivity index (χ4v) is 3.76. The van der Waals surface area contributed by atoms with E-state index in [1.807, 2.05) is 35.2 Å². The van der Waals surface area contributed by atoms with Crippen molar-refractivity contribution in [2.75, 3.05) is 19.6 Å². The Labute approximate surface area is 157 Å². The lowest BCUT2D eigenvalue weighted by Crippen LogP contribution is -2.38. The van der Waals surface area contributed by atoms with Crippen LogP contribution in [0.15, 0.2) is 54.6 Å². The zero-order valence-electron chi connectivity index (χ0n) is 14.9. The van der Waals surface area contributed by atoms with Crippen LogP contribution < -0.4 is 0 Å². The number of halogens is 3. The molecule has 2 N–H and O–H groups in total. The second kappa shape index (κ2) is 8.42. The van der Waals surface area contributed by atoms with Crippen molar-refractivity contribution >= 4 is 0 Å².